The van der Waals surface area contributed by atoms with E-state index in [1.807, 2.05) is 18.7 Å². The number of aromatic nitrogens is 2. The first-order valence-corrected chi connectivity index (χ1v) is 13.3. The van der Waals surface area contributed by atoms with Crippen LogP contribution in [-0.2, 0) is 14.4 Å². The van der Waals surface area contributed by atoms with E-state index in [0.717, 1.165) is 32.1 Å². The summed E-state index contributed by atoms with van der Waals surface area (Å²) in [6.07, 6.45) is 5.41. The fraction of sp³-hybridized carbons (Fsp3) is 0.643. The molecule has 1 saturated carbocycles. The van der Waals surface area contributed by atoms with Gasteiger partial charge in [-0.05, 0) is 62.5 Å². The second-order valence-corrected chi connectivity index (χ2v) is 11.7. The maximum atomic E-state index is 14.1. The van der Waals surface area contributed by atoms with Crippen LogP contribution in [0.3, 0.4) is 0 Å². The van der Waals surface area contributed by atoms with Crippen LogP contribution < -0.4 is 5.32 Å². The zero-order valence-electron chi connectivity index (χ0n) is 21.9. The van der Waals surface area contributed by atoms with Crippen molar-refractivity contribution in [3.05, 3.63) is 29.8 Å². The number of benzene rings is 1. The van der Waals surface area contributed by atoms with Gasteiger partial charge in [0.2, 0.25) is 11.8 Å². The first-order valence-electron chi connectivity index (χ1n) is 13.3. The van der Waals surface area contributed by atoms with E-state index in [0.29, 0.717) is 30.2 Å². The molecule has 1 aliphatic carbocycles. The lowest BCUT2D eigenvalue weighted by Crippen LogP contribution is -2.49. The lowest BCUT2D eigenvalue weighted by Gasteiger charge is -2.42. The first kappa shape index (κ1) is 26.3. The quantitative estimate of drug-likeness (QED) is 0.516. The Morgan fingerprint density at radius 1 is 1.22 bits per heavy atom. The second-order valence-electron chi connectivity index (χ2n) is 11.7. The van der Waals surface area contributed by atoms with Crippen molar-refractivity contribution >= 4 is 28.6 Å². The van der Waals surface area contributed by atoms with Crippen molar-refractivity contribution in [2.24, 2.45) is 11.3 Å². The summed E-state index contributed by atoms with van der Waals surface area (Å²) in [6.45, 7) is 8.95. The Bertz CT molecular complexity index is 1120. The Hall–Kier alpha value is -2.77. The molecule has 0 spiro atoms. The largest absolute Gasteiger partial charge is 0.346 e. The summed E-state index contributed by atoms with van der Waals surface area (Å²) < 4.78 is 14.1. The number of carbonyl (C=O) groups is 3. The first-order chi connectivity index (χ1) is 17.0. The maximum Gasteiger partial charge on any atom is 0.225 e. The standard InChI is InChI=1S/C28H39FN4O3/c1-17(27-31-21-10-7-9-20(29)26(21)32-27)12-23(34)22(14-25(36)33-11-6-5-8-18(33)2)30-24(35)13-19-15-28(3,4)16-19/h7,9-10,17-19,22H,5-6,8,11-16H2,1-4H3,(H,30,35)(H,31,32)/t17-,18+,22+/m1/s1. The van der Waals surface area contributed by atoms with Crippen molar-refractivity contribution < 1.29 is 18.8 Å². The average molecular weight is 499 g/mol. The number of para-hydroxylation sites is 1. The van der Waals surface area contributed by atoms with Crippen molar-refractivity contribution in [1.29, 1.82) is 0 Å². The summed E-state index contributed by atoms with van der Waals surface area (Å²) in [4.78, 5) is 48.7. The third-order valence-electron chi connectivity index (χ3n) is 7.84. The van der Waals surface area contributed by atoms with Gasteiger partial charge in [0, 0.05) is 31.3 Å². The lowest BCUT2D eigenvalue weighted by atomic mass is 9.63. The van der Waals surface area contributed by atoms with Gasteiger partial charge in [-0.15, -0.1) is 0 Å². The molecule has 2 N–H and O–H groups in total. The number of hydrogen-bond acceptors (Lipinski definition) is 4. The van der Waals surface area contributed by atoms with Crippen LogP contribution in [0, 0.1) is 17.2 Å². The maximum absolute atomic E-state index is 14.1. The van der Waals surface area contributed by atoms with Crippen LogP contribution >= 0.6 is 0 Å². The predicted molar refractivity (Wildman–Crippen MR) is 137 cm³/mol. The van der Waals surface area contributed by atoms with Crippen molar-refractivity contribution in [2.45, 2.75) is 97.1 Å². The molecule has 0 bridgehead atoms. The van der Waals surface area contributed by atoms with E-state index in [1.54, 1.807) is 12.1 Å². The van der Waals surface area contributed by atoms with Crippen LogP contribution in [0.25, 0.3) is 11.0 Å². The molecule has 2 aromatic rings. The molecule has 1 saturated heterocycles. The van der Waals surface area contributed by atoms with Gasteiger partial charge in [0.1, 0.15) is 11.3 Å². The summed E-state index contributed by atoms with van der Waals surface area (Å²) in [6, 6.07) is 3.96. The van der Waals surface area contributed by atoms with E-state index in [4.69, 9.17) is 0 Å². The lowest BCUT2D eigenvalue weighted by molar-refractivity contribution is -0.138. The van der Waals surface area contributed by atoms with Gasteiger partial charge >= 0.3 is 0 Å². The highest BCUT2D eigenvalue weighted by molar-refractivity contribution is 5.93. The van der Waals surface area contributed by atoms with Crippen molar-refractivity contribution in [1.82, 2.24) is 20.2 Å². The van der Waals surface area contributed by atoms with Gasteiger partial charge in [0.25, 0.3) is 0 Å². The number of Topliss-reactive ketones (excluding diaryl/α,β-unsaturated/α-hetero) is 1. The van der Waals surface area contributed by atoms with Gasteiger partial charge in [0.05, 0.1) is 18.0 Å². The van der Waals surface area contributed by atoms with Gasteiger partial charge in [-0.3, -0.25) is 14.4 Å². The summed E-state index contributed by atoms with van der Waals surface area (Å²) >= 11 is 0. The predicted octanol–water partition coefficient (Wildman–Crippen LogP) is 4.87. The molecule has 0 radical (unpaired) electrons. The summed E-state index contributed by atoms with van der Waals surface area (Å²) in [5.74, 6) is -0.377. The third kappa shape index (κ3) is 6.13. The molecule has 196 valence electrons. The summed E-state index contributed by atoms with van der Waals surface area (Å²) in [5.41, 5.74) is 1.09. The molecule has 4 rings (SSSR count). The van der Waals surface area contributed by atoms with Crippen LogP contribution in [0.4, 0.5) is 4.39 Å². The number of halogens is 1. The molecule has 2 fully saturated rings. The zero-order chi connectivity index (χ0) is 26.0. The number of aromatic amines is 1. The molecule has 8 heteroatoms. The van der Waals surface area contributed by atoms with Gasteiger partial charge in [-0.25, -0.2) is 9.37 Å². The van der Waals surface area contributed by atoms with E-state index >= 15 is 0 Å². The molecule has 0 unspecified atom stereocenters. The van der Waals surface area contributed by atoms with Crippen LogP contribution in [-0.4, -0.2) is 51.1 Å². The summed E-state index contributed by atoms with van der Waals surface area (Å²) in [7, 11) is 0. The third-order valence-corrected chi connectivity index (χ3v) is 7.84. The monoisotopic (exact) mass is 498 g/mol. The van der Waals surface area contributed by atoms with Crippen molar-refractivity contribution in [2.75, 3.05) is 6.54 Å². The van der Waals surface area contributed by atoms with Crippen LogP contribution in [0.1, 0.15) is 90.8 Å². The van der Waals surface area contributed by atoms with Gasteiger partial charge < -0.3 is 15.2 Å². The average Bonchev–Trinajstić information content (AvgIpc) is 3.23. The van der Waals surface area contributed by atoms with Gasteiger partial charge in [-0.1, -0.05) is 26.8 Å². The van der Waals surface area contributed by atoms with Gasteiger partial charge in [0.15, 0.2) is 11.6 Å². The zero-order valence-corrected chi connectivity index (χ0v) is 21.9. The minimum absolute atomic E-state index is 0.0352. The van der Waals surface area contributed by atoms with Crippen LogP contribution in [0.5, 0.6) is 0 Å². The van der Waals surface area contributed by atoms with E-state index in [9.17, 15) is 18.8 Å². The highest BCUT2D eigenvalue weighted by atomic mass is 19.1. The Balaban J connectivity index is 1.44. The van der Waals surface area contributed by atoms with E-state index in [-0.39, 0.29) is 53.3 Å². The van der Waals surface area contributed by atoms with E-state index in [1.165, 1.54) is 6.07 Å². The number of nitrogens with zero attached hydrogens (tertiary/aromatic N) is 2. The number of nitrogens with one attached hydrogen (secondary N) is 2. The van der Waals surface area contributed by atoms with Crippen LogP contribution in [0.2, 0.25) is 0 Å². The number of amides is 2. The van der Waals surface area contributed by atoms with Crippen molar-refractivity contribution in [3.63, 3.8) is 0 Å². The number of fused-ring (bicyclic) bond motifs is 1. The number of ketones is 1. The number of piperidine rings is 1. The topological polar surface area (TPSA) is 95.2 Å². The molecule has 7 nitrogen and oxygen atoms in total. The Kier molecular flexibility index (Phi) is 7.81. The second kappa shape index (κ2) is 10.7. The minimum atomic E-state index is -0.879. The fourth-order valence-corrected chi connectivity index (χ4v) is 5.96. The molecule has 1 aliphatic heterocycles. The van der Waals surface area contributed by atoms with E-state index in [2.05, 4.69) is 29.1 Å². The highest BCUT2D eigenvalue weighted by Crippen LogP contribution is 2.46. The van der Waals surface area contributed by atoms with Gasteiger partial charge in [-0.2, -0.15) is 0 Å². The number of likely N-dealkylation sites (tertiary alicyclic amines) is 1. The highest BCUT2D eigenvalue weighted by Gasteiger charge is 2.38. The molecule has 1 aromatic carbocycles. The minimum Gasteiger partial charge on any atom is -0.346 e. The van der Waals surface area contributed by atoms with Crippen LogP contribution in [0.15, 0.2) is 18.2 Å². The molecular weight excluding hydrogens is 459 g/mol. The molecule has 1 aromatic heterocycles. The number of imidazole rings is 1. The molecular formula is C28H39FN4O3. The molecule has 2 aliphatic rings. The van der Waals surface area contributed by atoms with E-state index < -0.39 is 11.9 Å². The fourth-order valence-electron chi connectivity index (χ4n) is 5.96. The number of H-pyrrole nitrogens is 1. The summed E-state index contributed by atoms with van der Waals surface area (Å²) in [5, 5.41) is 2.89. The Morgan fingerprint density at radius 2 is 1.97 bits per heavy atom. The number of hydrogen-bond donors (Lipinski definition) is 2. The molecule has 2 heterocycles. The smallest absolute Gasteiger partial charge is 0.225 e. The Morgan fingerprint density at radius 3 is 2.64 bits per heavy atom. The number of rotatable bonds is 9. The van der Waals surface area contributed by atoms with Crippen molar-refractivity contribution in [3.8, 4) is 0 Å². The Labute approximate surface area is 212 Å². The molecule has 2 amide bonds. The number of carbonyl (C=O) groups excluding carboxylic acids is 3. The normalized spacial score (nSPS) is 21.6. The molecule has 3 atom stereocenters. The SMILES string of the molecule is C[C@H](CC(=O)[C@H](CC(=O)N1CCCC[C@@H]1C)NC(=O)CC1CC(C)(C)C1)c1nc2c(F)cccc2[nH]1. The molecule has 36 heavy (non-hydrogen) atoms.